The molecular weight excluding hydrogens is 316 g/mol. The summed E-state index contributed by atoms with van der Waals surface area (Å²) in [6.07, 6.45) is 1.69. The average molecular weight is 346 g/mol. The minimum atomic E-state index is -0.194. The Hall–Kier alpha value is -2.08. The lowest BCUT2D eigenvalue weighted by Crippen LogP contribution is -2.40. The molecule has 6 nitrogen and oxygen atoms in total. The summed E-state index contributed by atoms with van der Waals surface area (Å²) in [6.45, 7) is 8.89. The molecule has 25 heavy (non-hydrogen) atoms. The van der Waals surface area contributed by atoms with E-state index in [1.54, 1.807) is 0 Å². The van der Waals surface area contributed by atoms with Crippen molar-refractivity contribution in [3.63, 3.8) is 0 Å². The molecule has 0 aliphatic carbocycles. The Bertz CT molecular complexity index is 661. The van der Waals surface area contributed by atoms with Crippen molar-refractivity contribution in [2.75, 3.05) is 13.2 Å². The van der Waals surface area contributed by atoms with E-state index in [1.165, 1.54) is 0 Å². The highest BCUT2D eigenvalue weighted by Gasteiger charge is 2.22. The van der Waals surface area contributed by atoms with Gasteiger partial charge in [-0.2, -0.15) is 0 Å². The van der Waals surface area contributed by atoms with E-state index in [0.717, 1.165) is 29.7 Å². The largest absolute Gasteiger partial charge is 0.396 e. The van der Waals surface area contributed by atoms with Gasteiger partial charge in [0.05, 0.1) is 17.1 Å². The number of H-pyrrole nitrogens is 1. The van der Waals surface area contributed by atoms with E-state index >= 15 is 0 Å². The van der Waals surface area contributed by atoms with Crippen molar-refractivity contribution >= 4 is 17.1 Å². The molecule has 0 aliphatic heterocycles. The number of benzene rings is 1. The number of urea groups is 1. The number of aliphatic hydroxyl groups is 1. The van der Waals surface area contributed by atoms with Crippen molar-refractivity contribution in [2.45, 2.75) is 46.6 Å². The van der Waals surface area contributed by atoms with E-state index in [-0.39, 0.29) is 30.0 Å². The van der Waals surface area contributed by atoms with Gasteiger partial charge in [0.2, 0.25) is 0 Å². The molecule has 1 unspecified atom stereocenters. The van der Waals surface area contributed by atoms with Crippen LogP contribution in [-0.4, -0.2) is 34.3 Å². The first-order valence-corrected chi connectivity index (χ1v) is 8.92. The van der Waals surface area contributed by atoms with Crippen molar-refractivity contribution in [3.05, 3.63) is 30.1 Å². The standard InChI is InChI=1S/C19H30N4O2/c1-13(2)16(17-21-14-8-5-6-9-15(14)22-17)23-18(25)20-11-7-10-19(3,4)12-24/h5-6,8-9,13,16,24H,7,10-12H2,1-4H3,(H,21,22)(H2,20,23,25). The first-order chi connectivity index (χ1) is 11.8. The van der Waals surface area contributed by atoms with Crippen LogP contribution in [0.4, 0.5) is 4.79 Å². The first kappa shape index (κ1) is 19.2. The van der Waals surface area contributed by atoms with Gasteiger partial charge in [-0.15, -0.1) is 0 Å². The number of amides is 2. The number of nitrogens with zero attached hydrogens (tertiary/aromatic N) is 1. The molecule has 1 atom stereocenters. The quantitative estimate of drug-likeness (QED) is 0.553. The third kappa shape index (κ3) is 5.46. The molecule has 0 saturated carbocycles. The monoisotopic (exact) mass is 346 g/mol. The minimum Gasteiger partial charge on any atom is -0.396 e. The number of rotatable bonds is 8. The fourth-order valence-electron chi connectivity index (χ4n) is 2.71. The summed E-state index contributed by atoms with van der Waals surface area (Å²) in [6, 6.07) is 7.47. The lowest BCUT2D eigenvalue weighted by Gasteiger charge is -2.22. The fraction of sp³-hybridized carbons (Fsp3) is 0.579. The molecule has 0 bridgehead atoms. The van der Waals surface area contributed by atoms with Crippen LogP contribution in [0.3, 0.4) is 0 Å². The number of aromatic nitrogens is 2. The van der Waals surface area contributed by atoms with E-state index in [9.17, 15) is 9.90 Å². The SMILES string of the molecule is CC(C)C(NC(=O)NCCCC(C)(C)CO)c1nc2ccccc2[nH]1. The Kier molecular flexibility index (Phi) is 6.42. The van der Waals surface area contributed by atoms with Gasteiger partial charge in [-0.1, -0.05) is 39.8 Å². The lowest BCUT2D eigenvalue weighted by molar-refractivity contribution is 0.148. The Labute approximate surface area is 149 Å². The molecular formula is C19H30N4O2. The number of carbonyl (C=O) groups excluding carboxylic acids is 1. The summed E-state index contributed by atoms with van der Waals surface area (Å²) in [5.74, 6) is 0.979. The Morgan fingerprint density at radius 3 is 2.68 bits per heavy atom. The summed E-state index contributed by atoms with van der Waals surface area (Å²) in [5.41, 5.74) is 1.76. The summed E-state index contributed by atoms with van der Waals surface area (Å²) in [5, 5.41) is 15.2. The van der Waals surface area contributed by atoms with Crippen LogP contribution in [0.5, 0.6) is 0 Å². The van der Waals surface area contributed by atoms with Crippen LogP contribution in [0.15, 0.2) is 24.3 Å². The number of imidazole rings is 1. The molecule has 1 aromatic heterocycles. The topological polar surface area (TPSA) is 90.0 Å². The Morgan fingerprint density at radius 2 is 2.04 bits per heavy atom. The number of hydrogen-bond donors (Lipinski definition) is 4. The normalized spacial score (nSPS) is 13.2. The highest BCUT2D eigenvalue weighted by molar-refractivity contribution is 5.76. The first-order valence-electron chi connectivity index (χ1n) is 8.92. The van der Waals surface area contributed by atoms with Gasteiger partial charge in [0, 0.05) is 13.2 Å². The second kappa shape index (κ2) is 8.34. The van der Waals surface area contributed by atoms with E-state index in [2.05, 4.69) is 34.4 Å². The maximum Gasteiger partial charge on any atom is 0.315 e. The van der Waals surface area contributed by atoms with Gasteiger partial charge in [0.25, 0.3) is 0 Å². The van der Waals surface area contributed by atoms with Crippen LogP contribution < -0.4 is 10.6 Å². The maximum atomic E-state index is 12.2. The van der Waals surface area contributed by atoms with E-state index in [0.29, 0.717) is 6.54 Å². The number of carbonyl (C=O) groups is 1. The molecule has 1 heterocycles. The van der Waals surface area contributed by atoms with Gasteiger partial charge in [-0.05, 0) is 36.3 Å². The van der Waals surface area contributed by atoms with Crippen molar-refractivity contribution in [1.82, 2.24) is 20.6 Å². The number of hydrogen-bond acceptors (Lipinski definition) is 3. The van der Waals surface area contributed by atoms with Crippen molar-refractivity contribution < 1.29 is 9.90 Å². The predicted octanol–water partition coefficient (Wildman–Crippen LogP) is 3.36. The van der Waals surface area contributed by atoms with Crippen LogP contribution in [0, 0.1) is 11.3 Å². The molecule has 2 amide bonds. The summed E-state index contributed by atoms with van der Waals surface area (Å²) >= 11 is 0. The van der Waals surface area contributed by atoms with Crippen LogP contribution >= 0.6 is 0 Å². The van der Waals surface area contributed by atoms with Crippen LogP contribution in [0.1, 0.15) is 52.4 Å². The molecule has 0 fully saturated rings. The van der Waals surface area contributed by atoms with E-state index in [1.807, 2.05) is 38.1 Å². The Balaban J connectivity index is 1.91. The predicted molar refractivity (Wildman–Crippen MR) is 100 cm³/mol. The van der Waals surface area contributed by atoms with Gasteiger partial charge in [-0.25, -0.2) is 9.78 Å². The zero-order valence-electron chi connectivity index (χ0n) is 15.6. The Morgan fingerprint density at radius 1 is 1.32 bits per heavy atom. The van der Waals surface area contributed by atoms with Crippen LogP contribution in [-0.2, 0) is 0 Å². The van der Waals surface area contributed by atoms with Crippen LogP contribution in [0.25, 0.3) is 11.0 Å². The summed E-state index contributed by atoms with van der Waals surface area (Å²) in [4.78, 5) is 20.1. The second-order valence-corrected chi connectivity index (χ2v) is 7.69. The highest BCUT2D eigenvalue weighted by Crippen LogP contribution is 2.22. The summed E-state index contributed by atoms with van der Waals surface area (Å²) < 4.78 is 0. The molecule has 0 spiro atoms. The molecule has 2 aromatic rings. The smallest absolute Gasteiger partial charge is 0.315 e. The molecule has 1 aromatic carbocycles. The van der Waals surface area contributed by atoms with Crippen LogP contribution in [0.2, 0.25) is 0 Å². The van der Waals surface area contributed by atoms with Gasteiger partial charge < -0.3 is 20.7 Å². The zero-order chi connectivity index (χ0) is 18.4. The molecule has 2 rings (SSSR count). The van der Waals surface area contributed by atoms with Gasteiger partial charge in [-0.3, -0.25) is 0 Å². The lowest BCUT2D eigenvalue weighted by atomic mass is 9.89. The van der Waals surface area contributed by atoms with Gasteiger partial charge in [0.1, 0.15) is 5.82 Å². The van der Waals surface area contributed by atoms with E-state index < -0.39 is 0 Å². The van der Waals surface area contributed by atoms with Gasteiger partial charge in [0.15, 0.2) is 0 Å². The molecule has 0 aliphatic rings. The molecule has 138 valence electrons. The van der Waals surface area contributed by atoms with Crippen molar-refractivity contribution in [2.24, 2.45) is 11.3 Å². The molecule has 4 N–H and O–H groups in total. The number of aromatic amines is 1. The molecule has 6 heteroatoms. The summed E-state index contributed by atoms with van der Waals surface area (Å²) in [7, 11) is 0. The van der Waals surface area contributed by atoms with Gasteiger partial charge >= 0.3 is 6.03 Å². The average Bonchev–Trinajstić information content (AvgIpc) is 3.00. The van der Waals surface area contributed by atoms with E-state index in [4.69, 9.17) is 0 Å². The number of aliphatic hydroxyl groups excluding tert-OH is 1. The zero-order valence-corrected chi connectivity index (χ0v) is 15.6. The number of nitrogens with one attached hydrogen (secondary N) is 3. The second-order valence-electron chi connectivity index (χ2n) is 7.69. The number of fused-ring (bicyclic) bond motifs is 1. The third-order valence-electron chi connectivity index (χ3n) is 4.40. The fourth-order valence-corrected chi connectivity index (χ4v) is 2.71. The van der Waals surface area contributed by atoms with Crippen molar-refractivity contribution in [1.29, 1.82) is 0 Å². The minimum absolute atomic E-state index is 0.104. The highest BCUT2D eigenvalue weighted by atomic mass is 16.3. The molecule has 0 radical (unpaired) electrons. The maximum absolute atomic E-state index is 12.2. The number of para-hydroxylation sites is 2. The third-order valence-corrected chi connectivity index (χ3v) is 4.40. The van der Waals surface area contributed by atoms with Crippen molar-refractivity contribution in [3.8, 4) is 0 Å². The molecule has 0 saturated heterocycles.